The van der Waals surface area contributed by atoms with Gasteiger partial charge in [-0.3, -0.25) is 14.3 Å². The number of nitrogens with zero attached hydrogens (tertiary/aromatic N) is 3. The zero-order valence-electron chi connectivity index (χ0n) is 29.5. The van der Waals surface area contributed by atoms with Crippen molar-refractivity contribution in [3.8, 4) is 11.5 Å². The number of sulfonamides is 1. The number of aliphatic hydroxyl groups excluding tert-OH is 1. The number of likely N-dealkylation sites (N-methyl/N-ethyl adjacent to an activating group) is 1. The minimum absolute atomic E-state index is 0.0354. The van der Waals surface area contributed by atoms with E-state index in [-0.39, 0.29) is 53.3 Å². The molecule has 1 aliphatic heterocycles. The van der Waals surface area contributed by atoms with Gasteiger partial charge < -0.3 is 34.0 Å². The first-order chi connectivity index (χ1) is 22.7. The Morgan fingerprint density at radius 3 is 2.48 bits per heavy atom. The molecule has 1 heterocycles. The van der Waals surface area contributed by atoms with Gasteiger partial charge in [-0.2, -0.15) is 0 Å². The van der Waals surface area contributed by atoms with Crippen molar-refractivity contribution in [2.45, 2.75) is 76.0 Å². The molecule has 0 saturated heterocycles. The Bertz CT molecular complexity index is 1440. The molecule has 0 spiro atoms. The maximum Gasteiger partial charge on any atom is 0.261 e. The van der Waals surface area contributed by atoms with Gasteiger partial charge in [0.2, 0.25) is 5.91 Å². The number of hydrogen-bond donors (Lipinski definition) is 2. The average molecular weight is 691 g/mol. The third-order valence-corrected chi connectivity index (χ3v) is 9.95. The molecule has 13 heteroatoms. The lowest BCUT2D eigenvalue weighted by Crippen LogP contribution is -2.48. The zero-order chi connectivity index (χ0) is 35.4. The van der Waals surface area contributed by atoms with Crippen molar-refractivity contribution in [3.63, 3.8) is 0 Å². The van der Waals surface area contributed by atoms with Gasteiger partial charge in [-0.1, -0.05) is 6.92 Å². The predicted octanol–water partition coefficient (Wildman–Crippen LogP) is 4.09. The number of hydrogen-bond acceptors (Lipinski definition) is 9. The van der Waals surface area contributed by atoms with Crippen LogP contribution in [0.3, 0.4) is 0 Å². The van der Waals surface area contributed by atoms with Crippen LogP contribution in [-0.2, 0) is 19.6 Å². The Morgan fingerprint density at radius 2 is 1.83 bits per heavy atom. The SMILES string of the molecule is COc1ccc(S(=O)(=O)Nc2ccc3c(c2)C(=O)N([C@H](C)CO)C[C@H](C)[C@H](CN(C)C(=O)CCCN(C)C)OCCCC[C@@H](C)O3)cc1. The van der Waals surface area contributed by atoms with E-state index in [4.69, 9.17) is 14.2 Å². The summed E-state index contributed by atoms with van der Waals surface area (Å²) in [6, 6.07) is 10.1. The van der Waals surface area contributed by atoms with Crippen LogP contribution in [0.25, 0.3) is 0 Å². The summed E-state index contributed by atoms with van der Waals surface area (Å²) < 4.78 is 46.8. The summed E-state index contributed by atoms with van der Waals surface area (Å²) in [6.45, 7) is 7.29. The molecule has 0 bridgehead atoms. The van der Waals surface area contributed by atoms with Crippen LogP contribution >= 0.6 is 0 Å². The Hall–Kier alpha value is -3.39. The highest BCUT2D eigenvalue weighted by molar-refractivity contribution is 7.92. The number of anilines is 1. The molecule has 0 saturated carbocycles. The van der Waals surface area contributed by atoms with E-state index in [0.717, 1.165) is 25.8 Å². The van der Waals surface area contributed by atoms with Crippen molar-refractivity contribution in [2.75, 3.05) is 65.8 Å². The van der Waals surface area contributed by atoms with Gasteiger partial charge in [0.05, 0.1) is 42.4 Å². The zero-order valence-corrected chi connectivity index (χ0v) is 30.3. The number of aliphatic hydroxyl groups is 1. The van der Waals surface area contributed by atoms with E-state index in [1.807, 2.05) is 32.8 Å². The van der Waals surface area contributed by atoms with Crippen LogP contribution in [0.2, 0.25) is 0 Å². The quantitative estimate of drug-likeness (QED) is 0.337. The van der Waals surface area contributed by atoms with Crippen molar-refractivity contribution >= 4 is 27.5 Å². The Morgan fingerprint density at radius 1 is 1.12 bits per heavy atom. The third-order valence-electron chi connectivity index (χ3n) is 8.55. The normalized spacial score (nSPS) is 20.3. The van der Waals surface area contributed by atoms with Gasteiger partial charge in [0.15, 0.2) is 0 Å². The lowest BCUT2D eigenvalue weighted by molar-refractivity contribution is -0.132. The summed E-state index contributed by atoms with van der Waals surface area (Å²) in [7, 11) is 3.25. The number of benzene rings is 2. The number of fused-ring (bicyclic) bond motifs is 1. The number of methoxy groups -OCH3 is 1. The number of ether oxygens (including phenoxy) is 3. The lowest BCUT2D eigenvalue weighted by atomic mass is 10.0. The van der Waals surface area contributed by atoms with E-state index >= 15 is 0 Å². The highest BCUT2D eigenvalue weighted by Crippen LogP contribution is 2.30. The molecule has 268 valence electrons. The average Bonchev–Trinajstić information content (AvgIpc) is 3.05. The minimum atomic E-state index is -3.98. The van der Waals surface area contributed by atoms with Gasteiger partial charge in [0.25, 0.3) is 15.9 Å². The molecule has 2 aromatic rings. The smallest absolute Gasteiger partial charge is 0.261 e. The van der Waals surface area contributed by atoms with Gasteiger partial charge in [-0.15, -0.1) is 0 Å². The largest absolute Gasteiger partial charge is 0.497 e. The van der Waals surface area contributed by atoms with E-state index in [9.17, 15) is 23.1 Å². The highest BCUT2D eigenvalue weighted by Gasteiger charge is 2.31. The molecular weight excluding hydrogens is 636 g/mol. The fourth-order valence-corrected chi connectivity index (χ4v) is 6.58. The first kappa shape index (κ1) is 39.1. The maximum atomic E-state index is 14.4. The molecule has 2 aromatic carbocycles. The van der Waals surface area contributed by atoms with E-state index in [2.05, 4.69) is 4.72 Å². The highest BCUT2D eigenvalue weighted by atomic mass is 32.2. The van der Waals surface area contributed by atoms with Gasteiger partial charge in [-0.05, 0) is 103 Å². The topological polar surface area (TPSA) is 138 Å². The van der Waals surface area contributed by atoms with E-state index < -0.39 is 22.0 Å². The Balaban J connectivity index is 1.93. The molecule has 3 rings (SSSR count). The molecule has 2 N–H and O–H groups in total. The van der Waals surface area contributed by atoms with Crippen molar-refractivity contribution in [2.24, 2.45) is 5.92 Å². The summed E-state index contributed by atoms with van der Waals surface area (Å²) in [5.41, 5.74) is 0.363. The summed E-state index contributed by atoms with van der Waals surface area (Å²) in [6.07, 6.45) is 2.94. The van der Waals surface area contributed by atoms with Crippen molar-refractivity contribution in [1.82, 2.24) is 14.7 Å². The molecular formula is C35H54N4O8S. The van der Waals surface area contributed by atoms with Crippen LogP contribution in [0.5, 0.6) is 11.5 Å². The number of carbonyl (C=O) groups is 2. The van der Waals surface area contributed by atoms with Gasteiger partial charge in [0.1, 0.15) is 11.5 Å². The number of amides is 2. The van der Waals surface area contributed by atoms with Gasteiger partial charge in [-0.25, -0.2) is 8.42 Å². The molecule has 4 atom stereocenters. The Kier molecular flexibility index (Phi) is 15.0. The molecule has 0 unspecified atom stereocenters. The second-order valence-electron chi connectivity index (χ2n) is 13.0. The van der Waals surface area contributed by atoms with Crippen LogP contribution in [-0.4, -0.2) is 119 Å². The van der Waals surface area contributed by atoms with Crippen LogP contribution < -0.4 is 14.2 Å². The molecule has 2 amide bonds. The van der Waals surface area contributed by atoms with Crippen LogP contribution in [0.15, 0.2) is 47.4 Å². The fraction of sp³-hybridized carbons (Fsp3) is 0.600. The predicted molar refractivity (Wildman–Crippen MR) is 186 cm³/mol. The van der Waals surface area contributed by atoms with Crippen molar-refractivity contribution < 1.29 is 37.3 Å². The van der Waals surface area contributed by atoms with E-state index in [0.29, 0.717) is 37.5 Å². The molecule has 0 radical (unpaired) electrons. The molecule has 12 nitrogen and oxygen atoms in total. The summed E-state index contributed by atoms with van der Waals surface area (Å²) in [5.74, 6) is 0.266. The molecule has 0 fully saturated rings. The first-order valence-electron chi connectivity index (χ1n) is 16.6. The molecule has 0 aromatic heterocycles. The van der Waals surface area contributed by atoms with E-state index in [1.54, 1.807) is 48.0 Å². The van der Waals surface area contributed by atoms with Gasteiger partial charge >= 0.3 is 0 Å². The second-order valence-corrected chi connectivity index (χ2v) is 14.7. The van der Waals surface area contributed by atoms with Crippen molar-refractivity contribution in [1.29, 1.82) is 0 Å². The van der Waals surface area contributed by atoms with Crippen LogP contribution in [0.4, 0.5) is 5.69 Å². The lowest BCUT2D eigenvalue weighted by Gasteiger charge is -2.36. The number of carbonyl (C=O) groups excluding carboxylic acids is 2. The van der Waals surface area contributed by atoms with Crippen molar-refractivity contribution in [3.05, 3.63) is 48.0 Å². The van der Waals surface area contributed by atoms with Gasteiger partial charge in [0, 0.05) is 44.8 Å². The molecule has 0 aliphatic carbocycles. The maximum absolute atomic E-state index is 14.4. The minimum Gasteiger partial charge on any atom is -0.497 e. The third kappa shape index (κ3) is 11.4. The molecule has 1 aliphatic rings. The standard InChI is InChI=1S/C35H54N4O8S/c1-25-22-39(26(2)24-40)35(42)31-21-28(36-48(43,44)30-16-14-29(45-7)15-17-30)13-18-32(31)47-27(3)11-8-9-20-46-33(25)23-38(6)34(41)12-10-19-37(4)5/h13-18,21,25-27,33,36,40H,8-12,19-20,22-24H2,1-7H3/t25-,26+,27+,33-/m0/s1. The number of rotatable bonds is 12. The fourth-order valence-electron chi connectivity index (χ4n) is 5.53. The summed E-state index contributed by atoms with van der Waals surface area (Å²) in [5, 5.41) is 10.2. The second kappa shape index (κ2) is 18.4. The summed E-state index contributed by atoms with van der Waals surface area (Å²) in [4.78, 5) is 32.7. The molecule has 48 heavy (non-hydrogen) atoms. The van der Waals surface area contributed by atoms with Crippen LogP contribution in [0.1, 0.15) is 63.2 Å². The summed E-state index contributed by atoms with van der Waals surface area (Å²) >= 11 is 0. The Labute approximate surface area is 286 Å². The van der Waals surface area contributed by atoms with Crippen LogP contribution in [0, 0.1) is 5.92 Å². The number of nitrogens with one attached hydrogen (secondary N) is 1. The first-order valence-corrected chi connectivity index (χ1v) is 18.1. The monoisotopic (exact) mass is 690 g/mol. The van der Waals surface area contributed by atoms with E-state index in [1.165, 1.54) is 25.3 Å².